The third-order valence-electron chi connectivity index (χ3n) is 4.87. The SMILES string of the molecule is N#C/C(=C\c1cccc(Oc2ccccc2)c1)C(=O)NCCc1c[nH]c2ccccc12. The molecule has 2 N–H and O–H groups in total. The van der Waals surface area contributed by atoms with Crippen LogP contribution in [0, 0.1) is 11.3 Å². The summed E-state index contributed by atoms with van der Waals surface area (Å²) in [5.41, 5.74) is 2.97. The average Bonchev–Trinajstić information content (AvgIpc) is 3.21. The molecule has 31 heavy (non-hydrogen) atoms. The molecule has 0 aliphatic carbocycles. The predicted octanol–water partition coefficient (Wildman–Crippen LogP) is 5.23. The van der Waals surface area contributed by atoms with Crippen molar-refractivity contribution < 1.29 is 9.53 Å². The minimum atomic E-state index is -0.392. The van der Waals surface area contributed by atoms with Crippen molar-refractivity contribution in [3.8, 4) is 17.6 Å². The van der Waals surface area contributed by atoms with Crippen LogP contribution in [-0.2, 0) is 11.2 Å². The highest BCUT2D eigenvalue weighted by atomic mass is 16.5. The van der Waals surface area contributed by atoms with Crippen molar-refractivity contribution in [1.82, 2.24) is 10.3 Å². The molecule has 0 fully saturated rings. The van der Waals surface area contributed by atoms with Gasteiger partial charge in [0.1, 0.15) is 23.1 Å². The lowest BCUT2D eigenvalue weighted by Gasteiger charge is -2.07. The second kappa shape index (κ2) is 9.47. The molecule has 3 aromatic carbocycles. The first-order valence-corrected chi connectivity index (χ1v) is 10.0. The fraction of sp³-hybridized carbons (Fsp3) is 0.0769. The predicted molar refractivity (Wildman–Crippen MR) is 122 cm³/mol. The zero-order chi connectivity index (χ0) is 21.5. The number of hydrogen-bond acceptors (Lipinski definition) is 3. The number of nitrogens with zero attached hydrogens (tertiary/aromatic N) is 1. The number of H-pyrrole nitrogens is 1. The summed E-state index contributed by atoms with van der Waals surface area (Å²) in [4.78, 5) is 15.7. The van der Waals surface area contributed by atoms with E-state index in [9.17, 15) is 10.1 Å². The third-order valence-corrected chi connectivity index (χ3v) is 4.87. The minimum Gasteiger partial charge on any atom is -0.457 e. The van der Waals surface area contributed by atoms with Crippen LogP contribution in [0.15, 0.2) is 90.6 Å². The lowest BCUT2D eigenvalue weighted by Crippen LogP contribution is -2.26. The van der Waals surface area contributed by atoms with E-state index in [0.29, 0.717) is 18.7 Å². The van der Waals surface area contributed by atoms with E-state index in [0.717, 1.165) is 27.8 Å². The maximum Gasteiger partial charge on any atom is 0.261 e. The van der Waals surface area contributed by atoms with Crippen molar-refractivity contribution in [1.29, 1.82) is 5.26 Å². The lowest BCUT2D eigenvalue weighted by molar-refractivity contribution is -0.117. The number of fused-ring (bicyclic) bond motifs is 1. The van der Waals surface area contributed by atoms with E-state index in [4.69, 9.17) is 4.74 Å². The fourth-order valence-electron chi connectivity index (χ4n) is 3.35. The van der Waals surface area contributed by atoms with Gasteiger partial charge in [-0.15, -0.1) is 0 Å². The van der Waals surface area contributed by atoms with Crippen molar-refractivity contribution in [3.63, 3.8) is 0 Å². The Morgan fingerprint density at radius 3 is 2.61 bits per heavy atom. The standard InChI is InChI=1S/C26H21N3O2/c27-17-21(15-19-7-6-10-23(16-19)31-22-8-2-1-3-9-22)26(30)28-14-13-20-18-29-25-12-5-4-11-24(20)25/h1-12,15-16,18,29H,13-14H2,(H,28,30)/b21-15+. The van der Waals surface area contributed by atoms with E-state index in [1.807, 2.05) is 85.1 Å². The van der Waals surface area contributed by atoms with Gasteiger partial charge in [-0.2, -0.15) is 5.26 Å². The Bertz CT molecular complexity index is 1270. The molecule has 0 aliphatic heterocycles. The number of nitriles is 1. The number of carbonyl (C=O) groups excluding carboxylic acids is 1. The van der Waals surface area contributed by atoms with Crippen molar-refractivity contribution in [2.75, 3.05) is 6.54 Å². The summed E-state index contributed by atoms with van der Waals surface area (Å²) in [6.45, 7) is 0.441. The topological polar surface area (TPSA) is 77.9 Å². The minimum absolute atomic E-state index is 0.0517. The number of carbonyl (C=O) groups is 1. The first-order chi connectivity index (χ1) is 15.2. The number of aromatic amines is 1. The zero-order valence-corrected chi connectivity index (χ0v) is 16.8. The first kappa shape index (κ1) is 20.0. The Hall–Kier alpha value is -4.30. The van der Waals surface area contributed by atoms with Gasteiger partial charge in [-0.05, 0) is 54.0 Å². The van der Waals surface area contributed by atoms with Crippen LogP contribution in [-0.4, -0.2) is 17.4 Å². The molecule has 0 bridgehead atoms. The van der Waals surface area contributed by atoms with Crippen LogP contribution in [0.2, 0.25) is 0 Å². The van der Waals surface area contributed by atoms with Crippen molar-refractivity contribution in [2.24, 2.45) is 0 Å². The highest BCUT2D eigenvalue weighted by molar-refractivity contribution is 6.01. The molecular weight excluding hydrogens is 386 g/mol. The number of rotatable bonds is 7. The van der Waals surface area contributed by atoms with Crippen molar-refractivity contribution in [2.45, 2.75) is 6.42 Å². The van der Waals surface area contributed by atoms with Gasteiger partial charge < -0.3 is 15.0 Å². The Kier molecular flexibility index (Phi) is 6.10. The van der Waals surface area contributed by atoms with Gasteiger partial charge in [-0.25, -0.2) is 0 Å². The number of amides is 1. The van der Waals surface area contributed by atoms with Crippen LogP contribution in [0.1, 0.15) is 11.1 Å². The summed E-state index contributed by atoms with van der Waals surface area (Å²) >= 11 is 0. The molecule has 5 nitrogen and oxygen atoms in total. The summed E-state index contributed by atoms with van der Waals surface area (Å²) in [5.74, 6) is 0.966. The van der Waals surface area contributed by atoms with E-state index in [1.165, 1.54) is 0 Å². The maximum absolute atomic E-state index is 12.5. The van der Waals surface area contributed by atoms with E-state index < -0.39 is 5.91 Å². The molecule has 4 aromatic rings. The van der Waals surface area contributed by atoms with Gasteiger partial charge in [-0.1, -0.05) is 48.5 Å². The first-order valence-electron chi connectivity index (χ1n) is 10.0. The van der Waals surface area contributed by atoms with Gasteiger partial charge in [0.2, 0.25) is 0 Å². The summed E-state index contributed by atoms with van der Waals surface area (Å²) in [7, 11) is 0. The average molecular weight is 407 g/mol. The number of hydrogen-bond donors (Lipinski definition) is 2. The number of ether oxygens (including phenoxy) is 1. The molecule has 1 heterocycles. The Morgan fingerprint density at radius 2 is 1.77 bits per heavy atom. The third kappa shape index (κ3) is 5.01. The Labute approximate surface area is 180 Å². The largest absolute Gasteiger partial charge is 0.457 e. The molecule has 152 valence electrons. The Balaban J connectivity index is 1.40. The molecule has 1 amide bonds. The van der Waals surface area contributed by atoms with Gasteiger partial charge in [0.15, 0.2) is 0 Å². The molecule has 0 saturated heterocycles. The summed E-state index contributed by atoms with van der Waals surface area (Å²) < 4.78 is 5.82. The number of nitrogens with one attached hydrogen (secondary N) is 2. The van der Waals surface area contributed by atoms with Crippen LogP contribution in [0.25, 0.3) is 17.0 Å². The molecule has 0 radical (unpaired) electrons. The van der Waals surface area contributed by atoms with Crippen LogP contribution < -0.4 is 10.1 Å². The van der Waals surface area contributed by atoms with Gasteiger partial charge in [0, 0.05) is 23.6 Å². The van der Waals surface area contributed by atoms with Gasteiger partial charge in [-0.3, -0.25) is 4.79 Å². The number of aromatic nitrogens is 1. The van der Waals surface area contributed by atoms with E-state index in [2.05, 4.69) is 10.3 Å². The molecule has 0 atom stereocenters. The molecule has 0 spiro atoms. The molecule has 4 rings (SSSR count). The second-order valence-electron chi connectivity index (χ2n) is 7.02. The molecule has 0 aliphatic rings. The molecule has 0 unspecified atom stereocenters. The lowest BCUT2D eigenvalue weighted by atomic mass is 10.1. The van der Waals surface area contributed by atoms with Crippen LogP contribution in [0.5, 0.6) is 11.5 Å². The number of para-hydroxylation sites is 2. The highest BCUT2D eigenvalue weighted by Crippen LogP contribution is 2.23. The molecule has 1 aromatic heterocycles. The zero-order valence-electron chi connectivity index (χ0n) is 16.8. The Morgan fingerprint density at radius 1 is 1.00 bits per heavy atom. The van der Waals surface area contributed by atoms with Crippen molar-refractivity contribution >= 4 is 22.9 Å². The van der Waals surface area contributed by atoms with Gasteiger partial charge in [0.05, 0.1) is 0 Å². The van der Waals surface area contributed by atoms with Crippen LogP contribution >= 0.6 is 0 Å². The number of benzene rings is 3. The molecule has 5 heteroatoms. The second-order valence-corrected chi connectivity index (χ2v) is 7.02. The highest BCUT2D eigenvalue weighted by Gasteiger charge is 2.10. The van der Waals surface area contributed by atoms with E-state index in [-0.39, 0.29) is 5.57 Å². The monoisotopic (exact) mass is 407 g/mol. The summed E-state index contributed by atoms with van der Waals surface area (Å²) in [5, 5.41) is 13.4. The van der Waals surface area contributed by atoms with Crippen LogP contribution in [0.4, 0.5) is 0 Å². The van der Waals surface area contributed by atoms with E-state index in [1.54, 1.807) is 12.1 Å². The van der Waals surface area contributed by atoms with E-state index >= 15 is 0 Å². The fourth-order valence-corrected chi connectivity index (χ4v) is 3.35. The van der Waals surface area contributed by atoms with Gasteiger partial charge in [0.25, 0.3) is 5.91 Å². The molecular formula is C26H21N3O2. The molecule has 0 saturated carbocycles. The van der Waals surface area contributed by atoms with Crippen molar-refractivity contribution in [3.05, 3.63) is 102 Å². The summed E-state index contributed by atoms with van der Waals surface area (Å²) in [6, 6.07) is 26.8. The smallest absolute Gasteiger partial charge is 0.261 e. The maximum atomic E-state index is 12.5. The van der Waals surface area contributed by atoms with Gasteiger partial charge >= 0.3 is 0 Å². The summed E-state index contributed by atoms with van der Waals surface area (Å²) in [6.07, 6.45) is 4.20. The normalized spacial score (nSPS) is 11.1. The van der Waals surface area contributed by atoms with Crippen LogP contribution in [0.3, 0.4) is 0 Å². The quantitative estimate of drug-likeness (QED) is 0.325.